The number of aromatic nitrogens is 1. The fraction of sp³-hybridized carbons (Fsp3) is 0.100. The summed E-state index contributed by atoms with van der Waals surface area (Å²) < 4.78 is 30.9. The van der Waals surface area contributed by atoms with E-state index in [9.17, 15) is 8.42 Å². The molecule has 0 aliphatic rings. The third-order valence-corrected chi connectivity index (χ3v) is 3.23. The topological polar surface area (TPSA) is 92.4 Å². The molecule has 2 heterocycles. The molecule has 0 atom stereocenters. The van der Waals surface area contributed by atoms with E-state index in [0.29, 0.717) is 5.69 Å². The number of furan rings is 1. The number of rotatable bonds is 4. The number of anilines is 1. The number of sulfonamides is 1. The van der Waals surface area contributed by atoms with E-state index in [1.807, 2.05) is 0 Å². The minimum atomic E-state index is -3.77. The van der Waals surface area contributed by atoms with Crippen molar-refractivity contribution in [2.24, 2.45) is 0 Å². The van der Waals surface area contributed by atoms with Crippen LogP contribution in [-0.4, -0.2) is 18.5 Å². The molecular weight excluding hydrogens is 244 g/mol. The molecule has 7 heteroatoms. The van der Waals surface area contributed by atoms with E-state index in [1.54, 1.807) is 12.1 Å². The molecule has 0 unspecified atom stereocenters. The van der Waals surface area contributed by atoms with Crippen molar-refractivity contribution in [3.63, 3.8) is 0 Å². The summed E-state index contributed by atoms with van der Waals surface area (Å²) in [6.07, 6.45) is 2.92. The highest BCUT2D eigenvalue weighted by atomic mass is 32.2. The zero-order valence-corrected chi connectivity index (χ0v) is 9.52. The van der Waals surface area contributed by atoms with Crippen LogP contribution in [0.4, 0.5) is 5.69 Å². The van der Waals surface area contributed by atoms with E-state index in [4.69, 9.17) is 9.52 Å². The van der Waals surface area contributed by atoms with Gasteiger partial charge < -0.3 is 9.52 Å². The summed E-state index contributed by atoms with van der Waals surface area (Å²) in [5, 5.41) is 8.54. The summed E-state index contributed by atoms with van der Waals surface area (Å²) in [7, 11) is -3.77. The van der Waals surface area contributed by atoms with Crippen LogP contribution in [0, 0.1) is 0 Å². The van der Waals surface area contributed by atoms with E-state index < -0.39 is 10.0 Å². The molecule has 6 nitrogen and oxygen atoms in total. The predicted octanol–water partition coefficient (Wildman–Crippen LogP) is 0.968. The van der Waals surface area contributed by atoms with Gasteiger partial charge in [0.2, 0.25) is 5.09 Å². The van der Waals surface area contributed by atoms with Gasteiger partial charge >= 0.3 is 0 Å². The molecule has 0 aromatic carbocycles. The SMILES string of the molecule is O=S(=O)(Nc1cccnc1)c1ccc(CO)o1. The molecule has 2 aromatic rings. The van der Waals surface area contributed by atoms with Crippen LogP contribution in [0.15, 0.2) is 46.2 Å². The van der Waals surface area contributed by atoms with Crippen molar-refractivity contribution in [2.75, 3.05) is 4.72 Å². The molecule has 0 aliphatic heterocycles. The van der Waals surface area contributed by atoms with Gasteiger partial charge in [-0.15, -0.1) is 0 Å². The van der Waals surface area contributed by atoms with Gasteiger partial charge in [-0.3, -0.25) is 9.71 Å². The second-order valence-electron chi connectivity index (χ2n) is 3.23. The molecule has 2 rings (SSSR count). The maximum Gasteiger partial charge on any atom is 0.295 e. The minimum Gasteiger partial charge on any atom is -0.445 e. The quantitative estimate of drug-likeness (QED) is 0.848. The summed E-state index contributed by atoms with van der Waals surface area (Å²) >= 11 is 0. The molecule has 0 bridgehead atoms. The Hall–Kier alpha value is -1.86. The zero-order chi connectivity index (χ0) is 12.3. The molecule has 2 aromatic heterocycles. The van der Waals surface area contributed by atoms with Crippen LogP contribution in [0.2, 0.25) is 0 Å². The monoisotopic (exact) mass is 254 g/mol. The highest BCUT2D eigenvalue weighted by Gasteiger charge is 2.18. The third kappa shape index (κ3) is 2.63. The smallest absolute Gasteiger partial charge is 0.295 e. The molecule has 0 aliphatic carbocycles. The Balaban J connectivity index is 2.25. The van der Waals surface area contributed by atoms with E-state index in [-0.39, 0.29) is 17.5 Å². The number of aliphatic hydroxyl groups excluding tert-OH is 1. The van der Waals surface area contributed by atoms with Crippen molar-refractivity contribution in [2.45, 2.75) is 11.7 Å². The number of hydrogen-bond acceptors (Lipinski definition) is 5. The zero-order valence-electron chi connectivity index (χ0n) is 8.70. The highest BCUT2D eigenvalue weighted by Crippen LogP contribution is 2.17. The van der Waals surface area contributed by atoms with Crippen molar-refractivity contribution in [1.29, 1.82) is 0 Å². The standard InChI is InChI=1S/C10H10N2O4S/c13-7-9-3-4-10(16-9)17(14,15)12-8-2-1-5-11-6-8/h1-6,12-13H,7H2. The lowest BCUT2D eigenvalue weighted by atomic mass is 10.4. The number of nitrogens with one attached hydrogen (secondary N) is 1. The molecule has 90 valence electrons. The summed E-state index contributed by atoms with van der Waals surface area (Å²) in [4.78, 5) is 3.79. The number of aliphatic hydroxyl groups is 1. The lowest BCUT2D eigenvalue weighted by molar-refractivity contribution is 0.236. The maximum atomic E-state index is 11.8. The van der Waals surface area contributed by atoms with Crippen LogP contribution in [0.5, 0.6) is 0 Å². The van der Waals surface area contributed by atoms with Crippen LogP contribution in [0.3, 0.4) is 0 Å². The van der Waals surface area contributed by atoms with Crippen LogP contribution in [0.25, 0.3) is 0 Å². The first-order valence-electron chi connectivity index (χ1n) is 4.74. The van der Waals surface area contributed by atoms with Crippen molar-refractivity contribution >= 4 is 15.7 Å². The molecule has 2 N–H and O–H groups in total. The lowest BCUT2D eigenvalue weighted by Crippen LogP contribution is -2.12. The summed E-state index contributed by atoms with van der Waals surface area (Å²) in [5.41, 5.74) is 0.342. The predicted molar refractivity (Wildman–Crippen MR) is 59.7 cm³/mol. The average Bonchev–Trinajstić information content (AvgIpc) is 2.79. The first kappa shape index (κ1) is 11.6. The van der Waals surface area contributed by atoms with Gasteiger partial charge in [-0.1, -0.05) is 0 Å². The molecule has 0 saturated heterocycles. The Bertz CT molecular complexity index is 592. The second-order valence-corrected chi connectivity index (χ2v) is 4.84. The van der Waals surface area contributed by atoms with E-state index in [2.05, 4.69) is 9.71 Å². The molecule has 0 fully saturated rings. The number of nitrogens with zero attached hydrogens (tertiary/aromatic N) is 1. The van der Waals surface area contributed by atoms with E-state index >= 15 is 0 Å². The van der Waals surface area contributed by atoms with Crippen molar-refractivity contribution in [1.82, 2.24) is 4.98 Å². The highest BCUT2D eigenvalue weighted by molar-refractivity contribution is 7.92. The van der Waals surface area contributed by atoms with Crippen molar-refractivity contribution < 1.29 is 17.9 Å². The second kappa shape index (κ2) is 4.56. The summed E-state index contributed by atoms with van der Waals surface area (Å²) in [6.45, 7) is -0.345. The molecule has 17 heavy (non-hydrogen) atoms. The van der Waals surface area contributed by atoms with Gasteiger partial charge in [0.05, 0.1) is 11.9 Å². The summed E-state index contributed by atoms with van der Waals surface area (Å²) in [6, 6.07) is 5.86. The Morgan fingerprint density at radius 2 is 2.18 bits per heavy atom. The fourth-order valence-electron chi connectivity index (χ4n) is 1.22. The maximum absolute atomic E-state index is 11.8. The molecule has 0 spiro atoms. The normalized spacial score (nSPS) is 11.4. The largest absolute Gasteiger partial charge is 0.445 e. The Morgan fingerprint density at radius 3 is 2.76 bits per heavy atom. The average molecular weight is 254 g/mol. The Kier molecular flexibility index (Phi) is 3.12. The first-order valence-corrected chi connectivity index (χ1v) is 6.22. The van der Waals surface area contributed by atoms with E-state index in [1.165, 1.54) is 24.5 Å². The van der Waals surface area contributed by atoms with Gasteiger partial charge in [0.25, 0.3) is 10.0 Å². The molecular formula is C10H10N2O4S. The fourth-order valence-corrected chi connectivity index (χ4v) is 2.21. The van der Waals surface area contributed by atoms with E-state index in [0.717, 1.165) is 0 Å². The van der Waals surface area contributed by atoms with Crippen LogP contribution in [0.1, 0.15) is 5.76 Å². The lowest BCUT2D eigenvalue weighted by Gasteiger charge is -2.04. The number of pyridine rings is 1. The molecule has 0 radical (unpaired) electrons. The van der Waals surface area contributed by atoms with Gasteiger partial charge in [0.15, 0.2) is 0 Å². The summed E-state index contributed by atoms with van der Waals surface area (Å²) in [5.74, 6) is 0.191. The van der Waals surface area contributed by atoms with Crippen LogP contribution < -0.4 is 4.72 Å². The van der Waals surface area contributed by atoms with Crippen molar-refractivity contribution in [3.05, 3.63) is 42.4 Å². The first-order chi connectivity index (χ1) is 8.12. The molecule has 0 saturated carbocycles. The van der Waals surface area contributed by atoms with Crippen LogP contribution >= 0.6 is 0 Å². The Morgan fingerprint density at radius 1 is 1.35 bits per heavy atom. The van der Waals surface area contributed by atoms with Gasteiger partial charge in [-0.25, -0.2) is 0 Å². The number of hydrogen-bond donors (Lipinski definition) is 2. The minimum absolute atomic E-state index is 0.191. The van der Waals surface area contributed by atoms with Gasteiger partial charge in [0.1, 0.15) is 12.4 Å². The third-order valence-electron chi connectivity index (χ3n) is 1.97. The van der Waals surface area contributed by atoms with Gasteiger partial charge in [-0.2, -0.15) is 8.42 Å². The van der Waals surface area contributed by atoms with Crippen LogP contribution in [-0.2, 0) is 16.6 Å². The van der Waals surface area contributed by atoms with Gasteiger partial charge in [-0.05, 0) is 24.3 Å². The Labute approximate surface area is 98.0 Å². The molecule has 0 amide bonds. The van der Waals surface area contributed by atoms with Gasteiger partial charge in [0, 0.05) is 6.20 Å². The van der Waals surface area contributed by atoms with Crippen molar-refractivity contribution in [3.8, 4) is 0 Å².